The van der Waals surface area contributed by atoms with Gasteiger partial charge in [0.25, 0.3) is 5.91 Å². The Labute approximate surface area is 163 Å². The zero-order valence-electron chi connectivity index (χ0n) is 15.7. The SMILES string of the molecule is Cc1cc(C)cc(C(=O)NC2CCN(c3cc(-c4cccs4)[nH]n3)CC2)c1. The van der Waals surface area contributed by atoms with Crippen LogP contribution >= 0.6 is 11.3 Å². The van der Waals surface area contributed by atoms with Crippen LogP contribution in [0.2, 0.25) is 0 Å². The van der Waals surface area contributed by atoms with Crippen LogP contribution in [0.4, 0.5) is 5.82 Å². The maximum Gasteiger partial charge on any atom is 0.251 e. The van der Waals surface area contributed by atoms with Crippen molar-refractivity contribution >= 4 is 23.1 Å². The number of hydrogen-bond acceptors (Lipinski definition) is 4. The molecule has 6 heteroatoms. The van der Waals surface area contributed by atoms with Crippen LogP contribution in [0.5, 0.6) is 0 Å². The van der Waals surface area contributed by atoms with E-state index >= 15 is 0 Å². The number of H-pyrrole nitrogens is 1. The number of aryl methyl sites for hydroxylation is 2. The minimum Gasteiger partial charge on any atom is -0.355 e. The van der Waals surface area contributed by atoms with Crippen LogP contribution in [-0.4, -0.2) is 35.2 Å². The van der Waals surface area contributed by atoms with Crippen molar-refractivity contribution in [2.75, 3.05) is 18.0 Å². The number of carbonyl (C=O) groups is 1. The Balaban J connectivity index is 1.34. The maximum atomic E-state index is 12.6. The predicted molar refractivity (Wildman–Crippen MR) is 111 cm³/mol. The summed E-state index contributed by atoms with van der Waals surface area (Å²) in [6, 6.07) is 12.5. The molecule has 2 aromatic heterocycles. The zero-order valence-corrected chi connectivity index (χ0v) is 16.5. The van der Waals surface area contributed by atoms with Crippen LogP contribution in [0.3, 0.4) is 0 Å². The van der Waals surface area contributed by atoms with Crippen molar-refractivity contribution in [3.63, 3.8) is 0 Å². The summed E-state index contributed by atoms with van der Waals surface area (Å²) >= 11 is 1.71. The Hall–Kier alpha value is -2.60. The molecule has 1 saturated heterocycles. The summed E-state index contributed by atoms with van der Waals surface area (Å²) in [5, 5.41) is 12.9. The van der Waals surface area contributed by atoms with Gasteiger partial charge in [0.2, 0.25) is 0 Å². The molecule has 1 aliphatic rings. The summed E-state index contributed by atoms with van der Waals surface area (Å²) in [4.78, 5) is 16.0. The lowest BCUT2D eigenvalue weighted by molar-refractivity contribution is 0.0931. The van der Waals surface area contributed by atoms with Crippen LogP contribution in [0.25, 0.3) is 10.6 Å². The number of carbonyl (C=O) groups excluding carboxylic acids is 1. The smallest absolute Gasteiger partial charge is 0.251 e. The number of nitrogens with one attached hydrogen (secondary N) is 2. The van der Waals surface area contributed by atoms with E-state index in [9.17, 15) is 4.79 Å². The average Bonchev–Trinajstić information content (AvgIpc) is 3.33. The molecule has 140 valence electrons. The Morgan fingerprint density at radius 3 is 2.59 bits per heavy atom. The molecule has 0 aliphatic carbocycles. The number of benzene rings is 1. The van der Waals surface area contributed by atoms with Crippen molar-refractivity contribution in [2.24, 2.45) is 0 Å². The molecule has 1 amide bonds. The summed E-state index contributed by atoms with van der Waals surface area (Å²) in [6.07, 6.45) is 1.86. The molecule has 0 spiro atoms. The second-order valence-corrected chi connectivity index (χ2v) is 8.18. The molecule has 0 unspecified atom stereocenters. The summed E-state index contributed by atoms with van der Waals surface area (Å²) in [6.45, 7) is 5.84. The Bertz CT molecular complexity index is 903. The fourth-order valence-corrected chi connectivity index (χ4v) is 4.35. The Morgan fingerprint density at radius 1 is 1.19 bits per heavy atom. The third kappa shape index (κ3) is 4.06. The first-order chi connectivity index (χ1) is 13.1. The van der Waals surface area contributed by atoms with Gasteiger partial charge in [0.05, 0.1) is 10.6 Å². The molecular weight excluding hydrogens is 356 g/mol. The van der Waals surface area contributed by atoms with E-state index in [1.165, 1.54) is 4.88 Å². The Kier molecular flexibility index (Phi) is 4.99. The summed E-state index contributed by atoms with van der Waals surface area (Å²) < 4.78 is 0. The number of thiophene rings is 1. The van der Waals surface area contributed by atoms with Crippen molar-refractivity contribution in [3.8, 4) is 10.6 Å². The van der Waals surface area contributed by atoms with Crippen molar-refractivity contribution in [1.82, 2.24) is 15.5 Å². The molecule has 0 radical (unpaired) electrons. The second kappa shape index (κ2) is 7.56. The van der Waals surface area contributed by atoms with Gasteiger partial charge in [-0.25, -0.2) is 0 Å². The van der Waals surface area contributed by atoms with Crippen molar-refractivity contribution < 1.29 is 4.79 Å². The number of rotatable bonds is 4. The van der Waals surface area contributed by atoms with Crippen LogP contribution in [0, 0.1) is 13.8 Å². The molecule has 3 heterocycles. The first-order valence-corrected chi connectivity index (χ1v) is 10.2. The Morgan fingerprint density at radius 2 is 1.93 bits per heavy atom. The fraction of sp³-hybridized carbons (Fsp3) is 0.333. The molecule has 1 fully saturated rings. The van der Waals surface area contributed by atoms with E-state index in [0.717, 1.165) is 54.1 Å². The van der Waals surface area contributed by atoms with E-state index in [1.54, 1.807) is 11.3 Å². The topological polar surface area (TPSA) is 61.0 Å². The standard InChI is InChI=1S/C21H24N4OS/c1-14-10-15(2)12-16(11-14)21(26)22-17-5-7-25(8-6-17)20-13-18(23-24-20)19-4-3-9-27-19/h3-4,9-13,17H,5-8H2,1-2H3,(H,22,26)(H,23,24). The zero-order chi connectivity index (χ0) is 18.8. The molecule has 0 saturated carbocycles. The van der Waals surface area contributed by atoms with Crippen LogP contribution in [-0.2, 0) is 0 Å². The first-order valence-electron chi connectivity index (χ1n) is 9.32. The highest BCUT2D eigenvalue weighted by molar-refractivity contribution is 7.13. The highest BCUT2D eigenvalue weighted by Crippen LogP contribution is 2.27. The van der Waals surface area contributed by atoms with Gasteiger partial charge in [-0.3, -0.25) is 9.89 Å². The number of aromatic amines is 1. The largest absolute Gasteiger partial charge is 0.355 e. The highest BCUT2D eigenvalue weighted by atomic mass is 32.1. The van der Waals surface area contributed by atoms with Crippen molar-refractivity contribution in [2.45, 2.75) is 32.7 Å². The molecule has 1 aliphatic heterocycles. The number of piperidine rings is 1. The number of amides is 1. The van der Waals surface area contributed by atoms with E-state index in [0.29, 0.717) is 0 Å². The van der Waals surface area contributed by atoms with Gasteiger partial charge < -0.3 is 10.2 Å². The number of aromatic nitrogens is 2. The molecule has 0 bridgehead atoms. The molecular formula is C21H24N4OS. The third-order valence-electron chi connectivity index (χ3n) is 4.99. The lowest BCUT2D eigenvalue weighted by atomic mass is 10.0. The van der Waals surface area contributed by atoms with Gasteiger partial charge in [-0.15, -0.1) is 11.3 Å². The average molecular weight is 381 g/mol. The van der Waals surface area contributed by atoms with Crippen LogP contribution in [0.1, 0.15) is 34.3 Å². The summed E-state index contributed by atoms with van der Waals surface area (Å²) in [7, 11) is 0. The van der Waals surface area contributed by atoms with Crippen LogP contribution < -0.4 is 10.2 Å². The van der Waals surface area contributed by atoms with Gasteiger partial charge >= 0.3 is 0 Å². The molecule has 2 N–H and O–H groups in total. The van der Waals surface area contributed by atoms with E-state index < -0.39 is 0 Å². The molecule has 0 atom stereocenters. The normalized spacial score (nSPS) is 15.1. The van der Waals surface area contributed by atoms with E-state index in [4.69, 9.17) is 0 Å². The number of nitrogens with zero attached hydrogens (tertiary/aromatic N) is 2. The van der Waals surface area contributed by atoms with Gasteiger partial charge in [-0.05, 0) is 50.3 Å². The molecule has 27 heavy (non-hydrogen) atoms. The monoisotopic (exact) mass is 380 g/mol. The lowest BCUT2D eigenvalue weighted by Gasteiger charge is -2.32. The number of hydrogen-bond donors (Lipinski definition) is 2. The van der Waals surface area contributed by atoms with Crippen LogP contribution in [0.15, 0.2) is 41.8 Å². The highest BCUT2D eigenvalue weighted by Gasteiger charge is 2.23. The third-order valence-corrected chi connectivity index (χ3v) is 5.89. The van der Waals surface area contributed by atoms with Gasteiger partial charge in [-0.1, -0.05) is 23.3 Å². The van der Waals surface area contributed by atoms with Gasteiger partial charge in [0.1, 0.15) is 0 Å². The quantitative estimate of drug-likeness (QED) is 0.715. The summed E-state index contributed by atoms with van der Waals surface area (Å²) in [5.41, 5.74) is 4.05. The molecule has 5 nitrogen and oxygen atoms in total. The fourth-order valence-electron chi connectivity index (χ4n) is 3.66. The minimum atomic E-state index is 0.0278. The van der Waals surface area contributed by atoms with E-state index in [2.05, 4.69) is 44.0 Å². The molecule has 4 rings (SSSR count). The van der Waals surface area contributed by atoms with E-state index in [1.807, 2.05) is 32.0 Å². The van der Waals surface area contributed by atoms with Crippen molar-refractivity contribution in [1.29, 1.82) is 0 Å². The minimum absolute atomic E-state index is 0.0278. The first kappa shape index (κ1) is 17.8. The lowest BCUT2D eigenvalue weighted by Crippen LogP contribution is -2.44. The van der Waals surface area contributed by atoms with Gasteiger partial charge in [0.15, 0.2) is 5.82 Å². The maximum absolute atomic E-state index is 12.6. The predicted octanol–water partition coefficient (Wildman–Crippen LogP) is 4.15. The number of anilines is 1. The van der Waals surface area contributed by atoms with Gasteiger partial charge in [-0.2, -0.15) is 5.10 Å². The second-order valence-electron chi connectivity index (χ2n) is 7.23. The summed E-state index contributed by atoms with van der Waals surface area (Å²) in [5.74, 6) is 1.01. The van der Waals surface area contributed by atoms with Crippen molar-refractivity contribution in [3.05, 3.63) is 58.5 Å². The molecule has 1 aromatic carbocycles. The van der Waals surface area contributed by atoms with E-state index in [-0.39, 0.29) is 11.9 Å². The molecule has 3 aromatic rings. The van der Waals surface area contributed by atoms with Gasteiger partial charge in [0, 0.05) is 30.8 Å².